The van der Waals surface area contributed by atoms with E-state index >= 15 is 0 Å². The van der Waals surface area contributed by atoms with Crippen LogP contribution in [0, 0.1) is 6.92 Å². The van der Waals surface area contributed by atoms with Crippen LogP contribution in [0.4, 0.5) is 0 Å². The molecule has 0 fully saturated rings. The number of aryl methyl sites for hydroxylation is 2. The van der Waals surface area contributed by atoms with Gasteiger partial charge in [0.25, 0.3) is 0 Å². The highest BCUT2D eigenvalue weighted by atomic mass is 79.9. The fourth-order valence-electron chi connectivity index (χ4n) is 1.87. The number of benzene rings is 1. The molecule has 1 heterocycles. The summed E-state index contributed by atoms with van der Waals surface area (Å²) in [5.41, 5.74) is 3.30. The van der Waals surface area contributed by atoms with Gasteiger partial charge in [-0.15, -0.1) is 0 Å². The van der Waals surface area contributed by atoms with Crippen LogP contribution < -0.4 is 0 Å². The third kappa shape index (κ3) is 2.11. The van der Waals surface area contributed by atoms with Crippen molar-refractivity contribution in [3.05, 3.63) is 33.9 Å². The lowest BCUT2D eigenvalue weighted by molar-refractivity contribution is -0.136. The first kappa shape index (κ1) is 11.2. The molecule has 4 heteroatoms. The lowest BCUT2D eigenvalue weighted by Crippen LogP contribution is -1.96. The Morgan fingerprint density at radius 1 is 1.50 bits per heavy atom. The second kappa shape index (κ2) is 4.29. The van der Waals surface area contributed by atoms with Gasteiger partial charge in [-0.3, -0.25) is 4.79 Å². The first-order chi connectivity index (χ1) is 7.58. The van der Waals surface area contributed by atoms with Crippen LogP contribution in [0.1, 0.15) is 17.5 Å². The van der Waals surface area contributed by atoms with E-state index in [1.165, 1.54) is 0 Å². The summed E-state index contributed by atoms with van der Waals surface area (Å²) in [6.07, 6.45) is 2.62. The topological polar surface area (TPSA) is 53.1 Å². The number of aromatic nitrogens is 1. The molecule has 0 unspecified atom stereocenters. The normalized spacial score (nSPS) is 10.9. The van der Waals surface area contributed by atoms with Gasteiger partial charge >= 0.3 is 5.97 Å². The molecule has 84 valence electrons. The molecule has 0 bridgehead atoms. The van der Waals surface area contributed by atoms with Gasteiger partial charge in [0, 0.05) is 28.0 Å². The molecule has 0 saturated heterocycles. The predicted molar refractivity (Wildman–Crippen MR) is 66.7 cm³/mol. The van der Waals surface area contributed by atoms with Crippen molar-refractivity contribution in [2.24, 2.45) is 0 Å². The second-order valence-electron chi connectivity index (χ2n) is 3.85. The van der Waals surface area contributed by atoms with E-state index in [0.717, 1.165) is 26.5 Å². The van der Waals surface area contributed by atoms with E-state index in [-0.39, 0.29) is 6.42 Å². The van der Waals surface area contributed by atoms with Gasteiger partial charge in [-0.1, -0.05) is 15.9 Å². The second-order valence-corrected chi connectivity index (χ2v) is 4.77. The standard InChI is InChI=1S/C12H12BrNO2/c1-7-4-9(13)5-10-8(2-3-11(15)16)6-14-12(7)10/h4-6,14H,2-3H2,1H3,(H,15,16). The Hall–Kier alpha value is -1.29. The Bertz CT molecular complexity index is 545. The zero-order valence-electron chi connectivity index (χ0n) is 8.88. The lowest BCUT2D eigenvalue weighted by Gasteiger charge is -2.00. The van der Waals surface area contributed by atoms with Gasteiger partial charge in [0.1, 0.15) is 0 Å². The summed E-state index contributed by atoms with van der Waals surface area (Å²) in [4.78, 5) is 13.7. The number of aliphatic carboxylic acids is 1. The molecule has 0 aliphatic rings. The maximum Gasteiger partial charge on any atom is 0.303 e. The molecule has 0 spiro atoms. The molecule has 3 nitrogen and oxygen atoms in total. The highest BCUT2D eigenvalue weighted by Crippen LogP contribution is 2.26. The predicted octanol–water partition coefficient (Wildman–Crippen LogP) is 3.26. The number of nitrogens with one attached hydrogen (secondary N) is 1. The van der Waals surface area contributed by atoms with Crippen LogP contribution in [0.5, 0.6) is 0 Å². The number of hydrogen-bond donors (Lipinski definition) is 2. The summed E-state index contributed by atoms with van der Waals surface area (Å²) in [6, 6.07) is 4.07. The number of carbonyl (C=O) groups is 1. The SMILES string of the molecule is Cc1cc(Br)cc2c(CCC(=O)O)c[nH]c12. The zero-order valence-corrected chi connectivity index (χ0v) is 10.5. The van der Waals surface area contributed by atoms with Crippen molar-refractivity contribution in [1.29, 1.82) is 0 Å². The first-order valence-electron chi connectivity index (χ1n) is 5.06. The molecule has 0 radical (unpaired) electrons. The van der Waals surface area contributed by atoms with Crippen LogP contribution in [0.3, 0.4) is 0 Å². The van der Waals surface area contributed by atoms with E-state index in [2.05, 4.69) is 20.9 Å². The average molecular weight is 282 g/mol. The van der Waals surface area contributed by atoms with E-state index < -0.39 is 5.97 Å². The van der Waals surface area contributed by atoms with Crippen molar-refractivity contribution in [3.63, 3.8) is 0 Å². The Morgan fingerprint density at radius 2 is 2.25 bits per heavy atom. The van der Waals surface area contributed by atoms with E-state index in [1.807, 2.05) is 25.3 Å². The molecule has 2 rings (SSSR count). The molecule has 0 atom stereocenters. The van der Waals surface area contributed by atoms with Crippen LogP contribution in [0.15, 0.2) is 22.8 Å². The molecule has 1 aromatic carbocycles. The molecular weight excluding hydrogens is 270 g/mol. The van der Waals surface area contributed by atoms with Crippen LogP contribution in [0.25, 0.3) is 10.9 Å². The molecule has 2 N–H and O–H groups in total. The molecule has 0 aliphatic heterocycles. The monoisotopic (exact) mass is 281 g/mol. The molecule has 0 aliphatic carbocycles. The van der Waals surface area contributed by atoms with Gasteiger partial charge in [-0.2, -0.15) is 0 Å². The minimum absolute atomic E-state index is 0.165. The van der Waals surface area contributed by atoms with E-state index in [1.54, 1.807) is 0 Å². The third-order valence-corrected chi connectivity index (χ3v) is 3.10. The number of H-pyrrole nitrogens is 1. The number of aromatic amines is 1. The highest BCUT2D eigenvalue weighted by Gasteiger charge is 2.08. The van der Waals surface area contributed by atoms with Crippen molar-refractivity contribution >= 4 is 32.8 Å². The van der Waals surface area contributed by atoms with Crippen LogP contribution in [0.2, 0.25) is 0 Å². The van der Waals surface area contributed by atoms with Gasteiger partial charge in [-0.25, -0.2) is 0 Å². The summed E-state index contributed by atoms with van der Waals surface area (Å²) in [5, 5.41) is 9.78. The maximum absolute atomic E-state index is 10.5. The number of rotatable bonds is 3. The van der Waals surface area contributed by atoms with E-state index in [9.17, 15) is 4.79 Å². The van der Waals surface area contributed by atoms with E-state index in [0.29, 0.717) is 6.42 Å². The average Bonchev–Trinajstić information content (AvgIpc) is 2.58. The lowest BCUT2D eigenvalue weighted by atomic mass is 10.1. The summed E-state index contributed by atoms with van der Waals surface area (Å²) in [6.45, 7) is 2.03. The largest absolute Gasteiger partial charge is 0.481 e. The smallest absolute Gasteiger partial charge is 0.303 e. The van der Waals surface area contributed by atoms with Crippen molar-refractivity contribution in [3.8, 4) is 0 Å². The van der Waals surface area contributed by atoms with Gasteiger partial charge in [-0.05, 0) is 36.6 Å². The fraction of sp³-hybridized carbons (Fsp3) is 0.250. The third-order valence-electron chi connectivity index (χ3n) is 2.65. The van der Waals surface area contributed by atoms with Crippen LogP contribution >= 0.6 is 15.9 Å². The van der Waals surface area contributed by atoms with Crippen molar-refractivity contribution in [1.82, 2.24) is 4.98 Å². The summed E-state index contributed by atoms with van der Waals surface area (Å²) >= 11 is 3.45. The van der Waals surface area contributed by atoms with Crippen molar-refractivity contribution in [2.75, 3.05) is 0 Å². The molecule has 1 aromatic heterocycles. The molecule has 0 saturated carbocycles. The zero-order chi connectivity index (χ0) is 11.7. The number of halogens is 1. The number of carboxylic acids is 1. The Balaban J connectivity index is 2.43. The van der Waals surface area contributed by atoms with Crippen molar-refractivity contribution in [2.45, 2.75) is 19.8 Å². The van der Waals surface area contributed by atoms with Gasteiger partial charge in [0.05, 0.1) is 0 Å². The Morgan fingerprint density at radius 3 is 2.94 bits per heavy atom. The summed E-state index contributed by atoms with van der Waals surface area (Å²) < 4.78 is 1.02. The highest BCUT2D eigenvalue weighted by molar-refractivity contribution is 9.10. The molecule has 2 aromatic rings. The molecule has 16 heavy (non-hydrogen) atoms. The summed E-state index contributed by atoms with van der Waals surface area (Å²) in [5.74, 6) is -0.763. The van der Waals surface area contributed by atoms with Gasteiger partial charge in [0.2, 0.25) is 0 Å². The molecular formula is C12H12BrNO2. The van der Waals surface area contributed by atoms with Gasteiger partial charge < -0.3 is 10.1 Å². The number of carboxylic acid groups (broad SMARTS) is 1. The molecule has 0 amide bonds. The minimum atomic E-state index is -0.763. The number of fused-ring (bicyclic) bond motifs is 1. The first-order valence-corrected chi connectivity index (χ1v) is 5.85. The number of hydrogen-bond acceptors (Lipinski definition) is 1. The Kier molecular flexibility index (Phi) is 3.01. The van der Waals surface area contributed by atoms with Crippen LogP contribution in [-0.4, -0.2) is 16.1 Å². The maximum atomic E-state index is 10.5. The summed E-state index contributed by atoms with van der Waals surface area (Å²) in [7, 11) is 0. The fourth-order valence-corrected chi connectivity index (χ4v) is 2.45. The minimum Gasteiger partial charge on any atom is -0.481 e. The quantitative estimate of drug-likeness (QED) is 0.907. The van der Waals surface area contributed by atoms with Crippen molar-refractivity contribution < 1.29 is 9.90 Å². The van der Waals surface area contributed by atoms with E-state index in [4.69, 9.17) is 5.11 Å². The van der Waals surface area contributed by atoms with Gasteiger partial charge in [0.15, 0.2) is 0 Å². The van der Waals surface area contributed by atoms with Crippen LogP contribution in [-0.2, 0) is 11.2 Å². The Labute approximate surface area is 102 Å².